The summed E-state index contributed by atoms with van der Waals surface area (Å²) in [5, 5.41) is 4.07. The number of carbonyl (C=O) groups excluding carboxylic acids is 1. The highest BCUT2D eigenvalue weighted by Gasteiger charge is 2.45. The van der Waals surface area contributed by atoms with E-state index < -0.39 is 5.41 Å². The first-order valence-corrected chi connectivity index (χ1v) is 9.70. The molecule has 0 atom stereocenters. The molecular weight excluding hydrogens is 355 g/mol. The molecule has 0 bridgehead atoms. The molecule has 1 aromatic heterocycles. The van der Waals surface area contributed by atoms with Crippen LogP contribution in [0.5, 0.6) is 5.75 Å². The van der Waals surface area contributed by atoms with Crippen LogP contribution in [0.2, 0.25) is 0 Å². The summed E-state index contributed by atoms with van der Waals surface area (Å²) in [4.78, 5) is 17.2. The molecule has 1 saturated carbocycles. The van der Waals surface area contributed by atoms with Gasteiger partial charge < -0.3 is 10.1 Å². The fourth-order valence-corrected chi connectivity index (χ4v) is 3.76. The van der Waals surface area contributed by atoms with Gasteiger partial charge >= 0.3 is 0 Å². The molecule has 1 amide bonds. The summed E-state index contributed by atoms with van der Waals surface area (Å²) in [5.74, 6) is 0.502. The number of nitrogens with zero attached hydrogens (tertiary/aromatic N) is 1. The van der Waals surface area contributed by atoms with Crippen molar-refractivity contribution in [2.75, 3.05) is 13.2 Å². The van der Waals surface area contributed by atoms with Crippen molar-refractivity contribution in [3.63, 3.8) is 0 Å². The molecule has 1 aliphatic carbocycles. The van der Waals surface area contributed by atoms with Gasteiger partial charge in [-0.25, -0.2) is 4.39 Å². The summed E-state index contributed by atoms with van der Waals surface area (Å²) in [6.45, 7) is 1.04. The van der Waals surface area contributed by atoms with Crippen molar-refractivity contribution in [1.29, 1.82) is 0 Å². The van der Waals surface area contributed by atoms with Gasteiger partial charge in [0.05, 0.1) is 12.0 Å². The molecule has 4 nitrogen and oxygen atoms in total. The van der Waals surface area contributed by atoms with Gasteiger partial charge in [0, 0.05) is 18.1 Å². The standard InChI is InChI=1S/C23H23FN2O2/c24-19-10-8-18(9-11-19)23(12-3-13-23)22(27)26-15-4-16-28-20-7-1-5-17-6-2-14-25-21(17)20/h1-2,5-11,14H,3-4,12-13,15-16H2,(H,26,27). The molecule has 2 aromatic carbocycles. The lowest BCUT2D eigenvalue weighted by Crippen LogP contribution is -2.49. The first kappa shape index (κ1) is 18.4. The lowest BCUT2D eigenvalue weighted by atomic mass is 9.64. The van der Waals surface area contributed by atoms with Crippen LogP contribution in [0.25, 0.3) is 10.9 Å². The maximum absolute atomic E-state index is 13.2. The number of amides is 1. The Morgan fingerprint density at radius 2 is 1.89 bits per heavy atom. The van der Waals surface area contributed by atoms with E-state index in [4.69, 9.17) is 4.74 Å². The van der Waals surface area contributed by atoms with Crippen molar-refractivity contribution >= 4 is 16.8 Å². The number of pyridine rings is 1. The summed E-state index contributed by atoms with van der Waals surface area (Å²) in [6, 6.07) is 16.1. The van der Waals surface area contributed by atoms with Crippen molar-refractivity contribution in [3.8, 4) is 5.75 Å². The zero-order valence-corrected chi connectivity index (χ0v) is 15.7. The quantitative estimate of drug-likeness (QED) is 0.621. The zero-order chi connectivity index (χ0) is 19.4. The van der Waals surface area contributed by atoms with Crippen LogP contribution in [0.4, 0.5) is 4.39 Å². The Morgan fingerprint density at radius 3 is 2.64 bits per heavy atom. The van der Waals surface area contributed by atoms with E-state index in [1.54, 1.807) is 18.3 Å². The highest BCUT2D eigenvalue weighted by atomic mass is 19.1. The topological polar surface area (TPSA) is 51.2 Å². The second-order valence-corrected chi connectivity index (χ2v) is 7.23. The molecule has 28 heavy (non-hydrogen) atoms. The smallest absolute Gasteiger partial charge is 0.230 e. The predicted octanol–water partition coefficient (Wildman–Crippen LogP) is 4.38. The van der Waals surface area contributed by atoms with Gasteiger partial charge in [-0.05, 0) is 49.1 Å². The van der Waals surface area contributed by atoms with E-state index in [0.29, 0.717) is 19.6 Å². The fraction of sp³-hybridized carbons (Fsp3) is 0.304. The number of fused-ring (bicyclic) bond motifs is 1. The van der Waals surface area contributed by atoms with Gasteiger partial charge in [0.1, 0.15) is 17.1 Å². The summed E-state index contributed by atoms with van der Waals surface area (Å²) in [7, 11) is 0. The Hall–Kier alpha value is -2.95. The Labute approximate surface area is 163 Å². The Bertz CT molecular complexity index is 963. The first-order valence-electron chi connectivity index (χ1n) is 9.70. The van der Waals surface area contributed by atoms with Gasteiger partial charge in [-0.15, -0.1) is 0 Å². The van der Waals surface area contributed by atoms with Crippen LogP contribution < -0.4 is 10.1 Å². The summed E-state index contributed by atoms with van der Waals surface area (Å²) in [6.07, 6.45) is 5.09. The predicted molar refractivity (Wildman–Crippen MR) is 107 cm³/mol. The second kappa shape index (κ2) is 7.97. The van der Waals surface area contributed by atoms with Crippen LogP contribution in [0.1, 0.15) is 31.2 Å². The SMILES string of the molecule is O=C(NCCCOc1cccc2cccnc12)C1(c2ccc(F)cc2)CCC1. The minimum absolute atomic E-state index is 0.0252. The Morgan fingerprint density at radius 1 is 1.11 bits per heavy atom. The number of aromatic nitrogens is 1. The number of ether oxygens (including phenoxy) is 1. The van der Waals surface area contributed by atoms with Crippen LogP contribution in [-0.4, -0.2) is 24.0 Å². The highest BCUT2D eigenvalue weighted by molar-refractivity contribution is 5.89. The number of halogens is 1. The Kier molecular flexibility index (Phi) is 5.24. The molecule has 1 fully saturated rings. The van der Waals surface area contributed by atoms with Crippen molar-refractivity contribution in [3.05, 3.63) is 72.2 Å². The van der Waals surface area contributed by atoms with E-state index >= 15 is 0 Å². The average Bonchev–Trinajstić information content (AvgIpc) is 2.68. The molecule has 1 aliphatic rings. The van der Waals surface area contributed by atoms with E-state index in [9.17, 15) is 9.18 Å². The third-order valence-corrected chi connectivity index (χ3v) is 5.50. The van der Waals surface area contributed by atoms with Crippen LogP contribution in [0.15, 0.2) is 60.8 Å². The molecule has 0 radical (unpaired) electrons. The third kappa shape index (κ3) is 3.57. The van der Waals surface area contributed by atoms with Gasteiger partial charge in [-0.3, -0.25) is 9.78 Å². The lowest BCUT2D eigenvalue weighted by Gasteiger charge is -2.40. The number of para-hydroxylation sites is 1. The molecule has 144 valence electrons. The maximum Gasteiger partial charge on any atom is 0.230 e. The van der Waals surface area contributed by atoms with Crippen molar-refractivity contribution in [2.24, 2.45) is 0 Å². The molecule has 0 saturated heterocycles. The maximum atomic E-state index is 13.2. The summed E-state index contributed by atoms with van der Waals surface area (Å²) < 4.78 is 19.1. The molecule has 1 heterocycles. The molecule has 3 aromatic rings. The van der Waals surface area contributed by atoms with Crippen molar-refractivity contribution in [2.45, 2.75) is 31.1 Å². The van der Waals surface area contributed by atoms with E-state index in [1.807, 2.05) is 30.3 Å². The minimum atomic E-state index is -0.506. The van der Waals surface area contributed by atoms with Crippen LogP contribution in [-0.2, 0) is 10.2 Å². The molecule has 0 aliphatic heterocycles. The monoisotopic (exact) mass is 378 g/mol. The zero-order valence-electron chi connectivity index (χ0n) is 15.7. The van der Waals surface area contributed by atoms with Crippen LogP contribution >= 0.6 is 0 Å². The normalized spacial score (nSPS) is 15.0. The second-order valence-electron chi connectivity index (χ2n) is 7.23. The summed E-state index contributed by atoms with van der Waals surface area (Å²) >= 11 is 0. The number of nitrogens with one attached hydrogen (secondary N) is 1. The van der Waals surface area contributed by atoms with Crippen molar-refractivity contribution in [1.82, 2.24) is 10.3 Å². The molecule has 0 unspecified atom stereocenters. The third-order valence-electron chi connectivity index (χ3n) is 5.50. The fourth-order valence-electron chi connectivity index (χ4n) is 3.76. The average molecular weight is 378 g/mol. The lowest BCUT2D eigenvalue weighted by molar-refractivity contribution is -0.129. The van der Waals surface area contributed by atoms with Crippen LogP contribution in [0.3, 0.4) is 0 Å². The molecular formula is C23H23FN2O2. The van der Waals surface area contributed by atoms with Gasteiger partial charge in [0.2, 0.25) is 5.91 Å². The van der Waals surface area contributed by atoms with E-state index in [0.717, 1.165) is 41.5 Å². The number of benzene rings is 2. The molecule has 4 rings (SSSR count). The van der Waals surface area contributed by atoms with Gasteiger partial charge in [-0.1, -0.05) is 36.8 Å². The van der Waals surface area contributed by atoms with Crippen LogP contribution in [0, 0.1) is 5.82 Å². The largest absolute Gasteiger partial charge is 0.491 e. The highest BCUT2D eigenvalue weighted by Crippen LogP contribution is 2.44. The van der Waals surface area contributed by atoms with Gasteiger partial charge in [0.25, 0.3) is 0 Å². The van der Waals surface area contributed by atoms with Gasteiger partial charge in [0.15, 0.2) is 0 Å². The minimum Gasteiger partial charge on any atom is -0.491 e. The first-order chi connectivity index (χ1) is 13.7. The van der Waals surface area contributed by atoms with E-state index in [1.165, 1.54) is 12.1 Å². The number of rotatable bonds is 7. The van der Waals surface area contributed by atoms with Gasteiger partial charge in [-0.2, -0.15) is 0 Å². The Balaban J connectivity index is 1.30. The molecule has 5 heteroatoms. The van der Waals surface area contributed by atoms with Crippen molar-refractivity contribution < 1.29 is 13.9 Å². The number of carbonyl (C=O) groups is 1. The van der Waals surface area contributed by atoms with E-state index in [-0.39, 0.29) is 11.7 Å². The molecule has 0 spiro atoms. The molecule has 1 N–H and O–H groups in total. The number of hydrogen-bond acceptors (Lipinski definition) is 3. The van der Waals surface area contributed by atoms with E-state index in [2.05, 4.69) is 10.3 Å². The summed E-state index contributed by atoms with van der Waals surface area (Å²) in [5.41, 5.74) is 1.24. The number of hydrogen-bond donors (Lipinski definition) is 1.